The third-order valence-corrected chi connectivity index (χ3v) is 9.01. The van der Waals surface area contributed by atoms with E-state index in [2.05, 4.69) is 21.2 Å². The molecule has 0 spiro atoms. The topological polar surface area (TPSA) is 96.0 Å². The molecular formula is C33H34BrN3O5S. The maximum atomic E-state index is 14.0. The van der Waals surface area contributed by atoms with E-state index in [0.29, 0.717) is 18.0 Å². The Hall–Kier alpha value is -4.15. The molecule has 0 heterocycles. The van der Waals surface area contributed by atoms with Crippen molar-refractivity contribution in [2.75, 3.05) is 17.4 Å². The summed E-state index contributed by atoms with van der Waals surface area (Å²) < 4.78 is 35.7. The van der Waals surface area contributed by atoms with E-state index in [1.54, 1.807) is 49.4 Å². The van der Waals surface area contributed by atoms with Crippen molar-refractivity contribution in [2.45, 2.75) is 37.8 Å². The van der Waals surface area contributed by atoms with E-state index >= 15 is 0 Å². The second-order valence-electron chi connectivity index (χ2n) is 9.85. The van der Waals surface area contributed by atoms with Gasteiger partial charge in [0.05, 0.1) is 10.6 Å². The first-order chi connectivity index (χ1) is 20.7. The fourth-order valence-electron chi connectivity index (χ4n) is 4.32. The molecule has 1 atom stereocenters. The number of nitrogens with one attached hydrogen (secondary N) is 1. The number of hydrogen-bond donors (Lipinski definition) is 1. The highest BCUT2D eigenvalue weighted by atomic mass is 79.9. The molecule has 224 valence electrons. The molecular weight excluding hydrogens is 630 g/mol. The highest BCUT2D eigenvalue weighted by Crippen LogP contribution is 2.28. The number of amides is 2. The minimum absolute atomic E-state index is 0.0422. The zero-order valence-corrected chi connectivity index (χ0v) is 26.4. The fourth-order valence-corrected chi connectivity index (χ4v) is 6.02. The average Bonchev–Trinajstić information content (AvgIpc) is 3.03. The summed E-state index contributed by atoms with van der Waals surface area (Å²) in [5.41, 5.74) is 1.08. The van der Waals surface area contributed by atoms with Gasteiger partial charge in [-0.1, -0.05) is 71.4 Å². The van der Waals surface area contributed by atoms with Gasteiger partial charge in [-0.3, -0.25) is 13.9 Å². The largest absolute Gasteiger partial charge is 0.457 e. The maximum absolute atomic E-state index is 14.0. The number of ether oxygens (including phenoxy) is 1. The van der Waals surface area contributed by atoms with Crippen molar-refractivity contribution < 1.29 is 22.7 Å². The number of benzene rings is 4. The van der Waals surface area contributed by atoms with Gasteiger partial charge in [0.2, 0.25) is 11.8 Å². The first kappa shape index (κ1) is 31.8. The van der Waals surface area contributed by atoms with Crippen LogP contribution in [-0.4, -0.2) is 44.3 Å². The molecule has 0 aliphatic carbocycles. The molecule has 2 amide bonds. The molecule has 4 aromatic carbocycles. The van der Waals surface area contributed by atoms with E-state index in [4.69, 9.17) is 4.74 Å². The Bertz CT molecular complexity index is 1600. The summed E-state index contributed by atoms with van der Waals surface area (Å²) in [6.07, 6.45) is 0.742. The van der Waals surface area contributed by atoms with Crippen LogP contribution in [0.1, 0.15) is 25.8 Å². The van der Waals surface area contributed by atoms with Crippen LogP contribution in [0, 0.1) is 0 Å². The number of carbonyl (C=O) groups excluding carboxylic acids is 2. The van der Waals surface area contributed by atoms with Gasteiger partial charge >= 0.3 is 0 Å². The minimum Gasteiger partial charge on any atom is -0.457 e. The van der Waals surface area contributed by atoms with Crippen LogP contribution in [-0.2, 0) is 26.2 Å². The predicted molar refractivity (Wildman–Crippen MR) is 171 cm³/mol. The van der Waals surface area contributed by atoms with E-state index in [1.165, 1.54) is 17.0 Å². The summed E-state index contributed by atoms with van der Waals surface area (Å²) in [5.74, 6) is 0.313. The van der Waals surface area contributed by atoms with Gasteiger partial charge in [0.15, 0.2) is 0 Å². The molecule has 0 aromatic heterocycles. The highest BCUT2D eigenvalue weighted by molar-refractivity contribution is 9.10. The summed E-state index contributed by atoms with van der Waals surface area (Å²) >= 11 is 3.42. The SMILES string of the molecule is CCCNC(=O)[C@H](C)N(Cc1ccc(Br)cc1)C(=O)CN(c1ccc(Oc2ccccc2)cc1)S(=O)(=O)c1ccccc1. The van der Waals surface area contributed by atoms with Crippen molar-refractivity contribution in [3.8, 4) is 11.5 Å². The Morgan fingerprint density at radius 1 is 0.837 bits per heavy atom. The van der Waals surface area contributed by atoms with Gasteiger partial charge < -0.3 is 15.0 Å². The number of nitrogens with zero attached hydrogens (tertiary/aromatic N) is 2. The first-order valence-electron chi connectivity index (χ1n) is 13.9. The standard InChI is InChI=1S/C33H34BrN3O5S/c1-3-22-35-33(39)25(2)36(23-26-14-16-27(34)17-15-26)32(38)24-37(43(40,41)31-12-8-5-9-13-31)28-18-20-30(21-19-28)42-29-10-6-4-7-11-29/h4-21,25H,3,22-24H2,1-2H3,(H,35,39)/t25-/m0/s1. The maximum Gasteiger partial charge on any atom is 0.264 e. The highest BCUT2D eigenvalue weighted by Gasteiger charge is 2.32. The molecule has 0 aliphatic heterocycles. The predicted octanol–water partition coefficient (Wildman–Crippen LogP) is 6.38. The fraction of sp³-hybridized carbons (Fsp3) is 0.212. The van der Waals surface area contributed by atoms with Gasteiger partial charge in [-0.15, -0.1) is 0 Å². The van der Waals surface area contributed by atoms with E-state index in [-0.39, 0.29) is 23.0 Å². The van der Waals surface area contributed by atoms with Crippen molar-refractivity contribution >= 4 is 43.5 Å². The molecule has 0 aliphatic rings. The molecule has 43 heavy (non-hydrogen) atoms. The van der Waals surface area contributed by atoms with Crippen LogP contribution in [0.3, 0.4) is 0 Å². The summed E-state index contributed by atoms with van der Waals surface area (Å²) in [6, 6.07) is 30.2. The Labute approximate surface area is 261 Å². The molecule has 4 rings (SSSR count). The Kier molecular flexibility index (Phi) is 11.0. The molecule has 1 N–H and O–H groups in total. The smallest absolute Gasteiger partial charge is 0.264 e. The molecule has 10 heteroatoms. The third kappa shape index (κ3) is 8.46. The summed E-state index contributed by atoms with van der Waals surface area (Å²) in [7, 11) is -4.15. The normalized spacial score (nSPS) is 11.8. The third-order valence-electron chi connectivity index (χ3n) is 6.70. The van der Waals surface area contributed by atoms with E-state index in [0.717, 1.165) is 20.8 Å². The molecule has 0 bridgehead atoms. The van der Waals surface area contributed by atoms with Gasteiger partial charge in [0.25, 0.3) is 10.0 Å². The van der Waals surface area contributed by atoms with Crippen LogP contribution in [0.4, 0.5) is 5.69 Å². The zero-order chi connectivity index (χ0) is 30.8. The van der Waals surface area contributed by atoms with Crippen LogP contribution in [0.5, 0.6) is 11.5 Å². The Balaban J connectivity index is 1.68. The summed E-state index contributed by atoms with van der Waals surface area (Å²) in [4.78, 5) is 28.5. The van der Waals surface area contributed by atoms with Crippen LogP contribution in [0.15, 0.2) is 119 Å². The number of carbonyl (C=O) groups is 2. The quantitative estimate of drug-likeness (QED) is 0.179. The van der Waals surface area contributed by atoms with Gasteiger partial charge in [0.1, 0.15) is 24.1 Å². The van der Waals surface area contributed by atoms with Crippen molar-refractivity contribution in [2.24, 2.45) is 0 Å². The number of halogens is 1. The minimum atomic E-state index is -4.15. The van der Waals surface area contributed by atoms with Gasteiger partial charge in [-0.25, -0.2) is 8.42 Å². The molecule has 0 unspecified atom stereocenters. The number of sulfonamides is 1. The van der Waals surface area contributed by atoms with E-state index < -0.39 is 28.5 Å². The van der Waals surface area contributed by atoms with Crippen molar-refractivity contribution in [1.29, 1.82) is 0 Å². The van der Waals surface area contributed by atoms with Crippen LogP contribution < -0.4 is 14.4 Å². The lowest BCUT2D eigenvalue weighted by Gasteiger charge is -2.32. The molecule has 0 radical (unpaired) electrons. The van der Waals surface area contributed by atoms with Gasteiger partial charge in [0, 0.05) is 17.6 Å². The lowest BCUT2D eigenvalue weighted by atomic mass is 10.1. The van der Waals surface area contributed by atoms with E-state index in [1.807, 2.05) is 61.5 Å². The second kappa shape index (κ2) is 14.8. The molecule has 4 aromatic rings. The zero-order valence-electron chi connectivity index (χ0n) is 24.0. The average molecular weight is 665 g/mol. The number of hydrogen-bond acceptors (Lipinski definition) is 5. The van der Waals surface area contributed by atoms with Crippen molar-refractivity contribution in [3.05, 3.63) is 119 Å². The van der Waals surface area contributed by atoms with Crippen LogP contribution in [0.2, 0.25) is 0 Å². The molecule has 8 nitrogen and oxygen atoms in total. The van der Waals surface area contributed by atoms with Crippen molar-refractivity contribution in [3.63, 3.8) is 0 Å². The Morgan fingerprint density at radius 2 is 1.42 bits per heavy atom. The Morgan fingerprint density at radius 3 is 2.02 bits per heavy atom. The lowest BCUT2D eigenvalue weighted by Crippen LogP contribution is -2.51. The number of para-hydroxylation sites is 1. The molecule has 0 saturated carbocycles. The van der Waals surface area contributed by atoms with Crippen molar-refractivity contribution in [1.82, 2.24) is 10.2 Å². The summed E-state index contributed by atoms with van der Waals surface area (Å²) in [6.45, 7) is 3.66. The second-order valence-corrected chi connectivity index (χ2v) is 12.6. The summed E-state index contributed by atoms with van der Waals surface area (Å²) in [5, 5.41) is 2.84. The first-order valence-corrected chi connectivity index (χ1v) is 16.1. The molecule has 0 saturated heterocycles. The van der Waals surface area contributed by atoms with Gasteiger partial charge in [-0.2, -0.15) is 0 Å². The monoisotopic (exact) mass is 663 g/mol. The molecule has 0 fully saturated rings. The number of anilines is 1. The van der Waals surface area contributed by atoms with E-state index in [9.17, 15) is 18.0 Å². The lowest BCUT2D eigenvalue weighted by molar-refractivity contribution is -0.139. The van der Waals surface area contributed by atoms with Gasteiger partial charge in [-0.05, 0) is 79.6 Å². The van der Waals surface area contributed by atoms with Crippen LogP contribution >= 0.6 is 15.9 Å². The van der Waals surface area contributed by atoms with Crippen LogP contribution in [0.25, 0.3) is 0 Å². The number of rotatable bonds is 13.